The second-order valence-electron chi connectivity index (χ2n) is 6.62. The SMILES string of the molecule is COc1cc(OC)c2c(=O)[nH]c(-c3ccc(OCCO)c(-c4ccccc4)n3)nc2c1. The normalized spacial score (nSPS) is 10.8. The van der Waals surface area contributed by atoms with Crippen molar-refractivity contribution in [3.8, 4) is 40.0 Å². The maximum atomic E-state index is 12.8. The summed E-state index contributed by atoms with van der Waals surface area (Å²) >= 11 is 0. The van der Waals surface area contributed by atoms with Gasteiger partial charge in [-0.05, 0) is 12.1 Å². The average Bonchev–Trinajstić information content (AvgIpc) is 2.82. The number of fused-ring (bicyclic) bond motifs is 1. The van der Waals surface area contributed by atoms with Crippen molar-refractivity contribution in [2.45, 2.75) is 0 Å². The van der Waals surface area contributed by atoms with Crippen molar-refractivity contribution >= 4 is 10.9 Å². The molecule has 4 aromatic rings. The molecule has 8 heteroatoms. The van der Waals surface area contributed by atoms with E-state index in [4.69, 9.17) is 24.3 Å². The summed E-state index contributed by atoms with van der Waals surface area (Å²) in [5.41, 5.74) is 1.97. The quantitative estimate of drug-likeness (QED) is 0.474. The van der Waals surface area contributed by atoms with E-state index in [1.807, 2.05) is 30.3 Å². The van der Waals surface area contributed by atoms with Gasteiger partial charge in [0.1, 0.15) is 40.6 Å². The number of nitrogens with zero attached hydrogens (tertiary/aromatic N) is 2. The summed E-state index contributed by atoms with van der Waals surface area (Å²) in [6, 6.07) is 16.3. The summed E-state index contributed by atoms with van der Waals surface area (Å²) in [7, 11) is 3.02. The van der Waals surface area contributed by atoms with Crippen LogP contribution >= 0.6 is 0 Å². The number of ether oxygens (including phenoxy) is 3. The Bertz CT molecular complexity index is 1270. The molecule has 2 aromatic carbocycles. The van der Waals surface area contributed by atoms with Crippen LogP contribution in [0.15, 0.2) is 59.4 Å². The summed E-state index contributed by atoms with van der Waals surface area (Å²) in [6.07, 6.45) is 0. The molecular formula is C23H21N3O5. The first-order valence-corrected chi connectivity index (χ1v) is 9.61. The Morgan fingerprint density at radius 1 is 0.968 bits per heavy atom. The Morgan fingerprint density at radius 3 is 2.48 bits per heavy atom. The molecule has 0 bridgehead atoms. The molecule has 2 N–H and O–H groups in total. The van der Waals surface area contributed by atoms with E-state index >= 15 is 0 Å². The highest BCUT2D eigenvalue weighted by atomic mass is 16.5. The molecule has 0 fully saturated rings. The smallest absolute Gasteiger partial charge is 0.262 e. The molecule has 0 atom stereocenters. The molecular weight excluding hydrogens is 398 g/mol. The predicted octanol–water partition coefficient (Wildman–Crippen LogP) is 3.04. The molecule has 0 amide bonds. The average molecular weight is 419 g/mol. The molecule has 4 rings (SSSR count). The second kappa shape index (κ2) is 8.85. The molecule has 0 radical (unpaired) electrons. The number of hydrogen-bond donors (Lipinski definition) is 2. The third-order valence-electron chi connectivity index (χ3n) is 4.70. The molecule has 0 saturated carbocycles. The zero-order valence-electron chi connectivity index (χ0n) is 17.1. The maximum absolute atomic E-state index is 12.8. The van der Waals surface area contributed by atoms with Gasteiger partial charge in [0.25, 0.3) is 5.56 Å². The van der Waals surface area contributed by atoms with Crippen LogP contribution in [0.2, 0.25) is 0 Å². The van der Waals surface area contributed by atoms with Gasteiger partial charge in [-0.3, -0.25) is 4.79 Å². The van der Waals surface area contributed by atoms with Crippen molar-refractivity contribution in [2.75, 3.05) is 27.4 Å². The van der Waals surface area contributed by atoms with Gasteiger partial charge in [0.2, 0.25) is 0 Å². The molecule has 2 aromatic heterocycles. The fourth-order valence-corrected chi connectivity index (χ4v) is 3.26. The van der Waals surface area contributed by atoms with E-state index < -0.39 is 0 Å². The Balaban J connectivity index is 1.88. The van der Waals surface area contributed by atoms with Gasteiger partial charge in [-0.25, -0.2) is 9.97 Å². The van der Waals surface area contributed by atoms with Gasteiger partial charge < -0.3 is 24.3 Å². The minimum absolute atomic E-state index is 0.112. The summed E-state index contributed by atoms with van der Waals surface area (Å²) in [5.74, 6) is 1.73. The van der Waals surface area contributed by atoms with E-state index in [9.17, 15) is 4.79 Å². The van der Waals surface area contributed by atoms with Gasteiger partial charge in [0.15, 0.2) is 5.82 Å². The first kappa shape index (κ1) is 20.4. The highest BCUT2D eigenvalue weighted by Crippen LogP contribution is 2.32. The number of pyridine rings is 1. The number of aromatic nitrogens is 3. The van der Waals surface area contributed by atoms with Crippen LogP contribution in [0, 0.1) is 0 Å². The minimum Gasteiger partial charge on any atom is -0.497 e. The first-order chi connectivity index (χ1) is 15.1. The van der Waals surface area contributed by atoms with Crippen LogP contribution in [0.25, 0.3) is 33.7 Å². The van der Waals surface area contributed by atoms with Crippen LogP contribution < -0.4 is 19.8 Å². The minimum atomic E-state index is -0.344. The Morgan fingerprint density at radius 2 is 1.77 bits per heavy atom. The summed E-state index contributed by atoms with van der Waals surface area (Å²) in [6.45, 7) is 0.0324. The topological polar surface area (TPSA) is 107 Å². The van der Waals surface area contributed by atoms with Gasteiger partial charge in [0, 0.05) is 17.7 Å². The van der Waals surface area contributed by atoms with Crippen molar-refractivity contribution in [2.24, 2.45) is 0 Å². The number of rotatable bonds is 7. The molecule has 8 nitrogen and oxygen atoms in total. The fraction of sp³-hybridized carbons (Fsp3) is 0.174. The van der Waals surface area contributed by atoms with E-state index in [-0.39, 0.29) is 18.8 Å². The highest BCUT2D eigenvalue weighted by molar-refractivity contribution is 5.87. The number of benzene rings is 2. The Hall–Kier alpha value is -3.91. The standard InChI is InChI=1S/C23H21N3O5/c1-29-15-12-17-20(19(13-15)30-2)23(28)26-22(25-17)16-8-9-18(31-11-10-27)21(24-16)14-6-4-3-5-7-14/h3-9,12-13,27H,10-11H2,1-2H3,(H,25,26,28). The van der Waals surface area contributed by atoms with Crippen LogP contribution in [0.5, 0.6) is 17.2 Å². The van der Waals surface area contributed by atoms with Gasteiger partial charge in [-0.15, -0.1) is 0 Å². The molecule has 31 heavy (non-hydrogen) atoms. The molecule has 0 aliphatic heterocycles. The van der Waals surface area contributed by atoms with Crippen LogP contribution in [-0.4, -0.2) is 47.5 Å². The molecule has 0 unspecified atom stereocenters. The van der Waals surface area contributed by atoms with Gasteiger partial charge in [-0.2, -0.15) is 0 Å². The molecule has 2 heterocycles. The highest BCUT2D eigenvalue weighted by Gasteiger charge is 2.16. The lowest BCUT2D eigenvalue weighted by Crippen LogP contribution is -2.12. The fourth-order valence-electron chi connectivity index (χ4n) is 3.26. The van der Waals surface area contributed by atoms with E-state index in [1.54, 1.807) is 24.3 Å². The van der Waals surface area contributed by atoms with Crippen LogP contribution in [0.3, 0.4) is 0 Å². The van der Waals surface area contributed by atoms with Crippen molar-refractivity contribution in [1.82, 2.24) is 15.0 Å². The van der Waals surface area contributed by atoms with Crippen LogP contribution in [0.1, 0.15) is 0 Å². The van der Waals surface area contributed by atoms with Crippen molar-refractivity contribution < 1.29 is 19.3 Å². The van der Waals surface area contributed by atoms with E-state index in [2.05, 4.69) is 9.97 Å². The van der Waals surface area contributed by atoms with Crippen molar-refractivity contribution in [1.29, 1.82) is 0 Å². The molecule has 0 aliphatic rings. The zero-order chi connectivity index (χ0) is 21.8. The lowest BCUT2D eigenvalue weighted by Gasteiger charge is -2.12. The zero-order valence-corrected chi connectivity index (χ0v) is 17.1. The van der Waals surface area contributed by atoms with Gasteiger partial charge >= 0.3 is 0 Å². The number of H-pyrrole nitrogens is 1. The molecule has 158 valence electrons. The summed E-state index contributed by atoms with van der Waals surface area (Å²) in [5, 5.41) is 9.45. The third-order valence-corrected chi connectivity index (χ3v) is 4.70. The number of aliphatic hydroxyl groups excluding tert-OH is 1. The summed E-state index contributed by atoms with van der Waals surface area (Å²) in [4.78, 5) is 24.9. The maximum Gasteiger partial charge on any atom is 0.262 e. The number of nitrogens with one attached hydrogen (secondary N) is 1. The Labute approximate surface area is 178 Å². The Kier molecular flexibility index (Phi) is 5.81. The lowest BCUT2D eigenvalue weighted by atomic mass is 10.1. The number of hydrogen-bond acceptors (Lipinski definition) is 7. The number of aromatic amines is 1. The van der Waals surface area contributed by atoms with Crippen LogP contribution in [-0.2, 0) is 0 Å². The first-order valence-electron chi connectivity index (χ1n) is 9.61. The summed E-state index contributed by atoms with van der Waals surface area (Å²) < 4.78 is 16.3. The molecule has 0 saturated heterocycles. The van der Waals surface area contributed by atoms with Crippen molar-refractivity contribution in [3.05, 3.63) is 65.0 Å². The third kappa shape index (κ3) is 4.06. The lowest BCUT2D eigenvalue weighted by molar-refractivity contribution is 0.201. The van der Waals surface area contributed by atoms with E-state index in [1.165, 1.54) is 14.2 Å². The van der Waals surface area contributed by atoms with Gasteiger partial charge in [-0.1, -0.05) is 30.3 Å². The van der Waals surface area contributed by atoms with E-state index in [0.717, 1.165) is 5.56 Å². The monoisotopic (exact) mass is 419 g/mol. The van der Waals surface area contributed by atoms with Crippen molar-refractivity contribution in [3.63, 3.8) is 0 Å². The predicted molar refractivity (Wildman–Crippen MR) is 117 cm³/mol. The number of aliphatic hydroxyl groups is 1. The molecule has 0 spiro atoms. The molecule has 0 aliphatic carbocycles. The number of methoxy groups -OCH3 is 2. The van der Waals surface area contributed by atoms with Crippen LogP contribution in [0.4, 0.5) is 0 Å². The van der Waals surface area contributed by atoms with E-state index in [0.29, 0.717) is 45.4 Å². The second-order valence-corrected chi connectivity index (χ2v) is 6.62. The van der Waals surface area contributed by atoms with Gasteiger partial charge in [0.05, 0.1) is 26.3 Å². The largest absolute Gasteiger partial charge is 0.497 e.